The third-order valence-electron chi connectivity index (χ3n) is 1.39. The van der Waals surface area contributed by atoms with E-state index in [0.29, 0.717) is 11.3 Å². The molecule has 10 heavy (non-hydrogen) atoms. The molecule has 54 valence electrons. The molecule has 0 amide bonds. The average molecular weight is 141 g/mol. The van der Waals surface area contributed by atoms with Gasteiger partial charge in [-0.3, -0.25) is 10.7 Å². The highest BCUT2D eigenvalue weighted by Gasteiger charge is 1.99. The van der Waals surface area contributed by atoms with Gasteiger partial charge in [0.1, 0.15) is 5.82 Å². The van der Waals surface area contributed by atoms with E-state index in [4.69, 9.17) is 5.21 Å². The predicted molar refractivity (Wildman–Crippen MR) is 36.5 cm³/mol. The van der Waals surface area contributed by atoms with E-state index in [9.17, 15) is 4.39 Å². The molecule has 1 aromatic carbocycles. The first-order valence-corrected chi connectivity index (χ1v) is 2.91. The third-order valence-corrected chi connectivity index (χ3v) is 1.39. The van der Waals surface area contributed by atoms with Crippen molar-refractivity contribution in [3.8, 4) is 0 Å². The molecular formula is C7H8FNO. The van der Waals surface area contributed by atoms with Gasteiger partial charge in [-0.25, -0.2) is 4.39 Å². The molecule has 1 rings (SSSR count). The summed E-state index contributed by atoms with van der Waals surface area (Å²) in [5, 5.41) is 8.43. The van der Waals surface area contributed by atoms with Crippen LogP contribution in [0.5, 0.6) is 0 Å². The van der Waals surface area contributed by atoms with Crippen molar-refractivity contribution in [3.05, 3.63) is 29.6 Å². The van der Waals surface area contributed by atoms with Crippen LogP contribution < -0.4 is 5.48 Å². The maximum atomic E-state index is 12.6. The maximum absolute atomic E-state index is 12.6. The van der Waals surface area contributed by atoms with Crippen LogP contribution in [-0.2, 0) is 0 Å². The van der Waals surface area contributed by atoms with Gasteiger partial charge in [-0.15, -0.1) is 0 Å². The Hall–Kier alpha value is -1.09. The molecule has 0 saturated heterocycles. The van der Waals surface area contributed by atoms with Crippen LogP contribution in [0, 0.1) is 12.7 Å². The molecule has 3 heteroatoms. The Labute approximate surface area is 58.3 Å². The van der Waals surface area contributed by atoms with Crippen LogP contribution in [0.3, 0.4) is 0 Å². The topological polar surface area (TPSA) is 32.3 Å². The minimum absolute atomic E-state index is 0.320. The zero-order valence-corrected chi connectivity index (χ0v) is 5.56. The summed E-state index contributed by atoms with van der Waals surface area (Å²) in [5.74, 6) is -0.320. The summed E-state index contributed by atoms with van der Waals surface area (Å²) < 4.78 is 12.6. The Kier molecular flexibility index (Phi) is 1.87. The second-order valence-electron chi connectivity index (χ2n) is 2.02. The zero-order chi connectivity index (χ0) is 7.56. The molecule has 0 atom stereocenters. The molecule has 0 aliphatic heterocycles. The summed E-state index contributed by atoms with van der Waals surface area (Å²) >= 11 is 0. The van der Waals surface area contributed by atoms with Crippen molar-refractivity contribution in [2.24, 2.45) is 0 Å². The van der Waals surface area contributed by atoms with Crippen molar-refractivity contribution in [2.45, 2.75) is 6.92 Å². The van der Waals surface area contributed by atoms with E-state index < -0.39 is 0 Å². The molecule has 0 aliphatic rings. The van der Waals surface area contributed by atoms with Crippen LogP contribution in [0.15, 0.2) is 18.2 Å². The van der Waals surface area contributed by atoms with Gasteiger partial charge in [0.15, 0.2) is 0 Å². The van der Waals surface area contributed by atoms with Gasteiger partial charge in [0.25, 0.3) is 0 Å². The summed E-state index contributed by atoms with van der Waals surface area (Å²) in [6, 6.07) is 4.47. The van der Waals surface area contributed by atoms with E-state index in [1.54, 1.807) is 13.0 Å². The van der Waals surface area contributed by atoms with Crippen molar-refractivity contribution in [3.63, 3.8) is 0 Å². The van der Waals surface area contributed by atoms with E-state index >= 15 is 0 Å². The molecule has 2 nitrogen and oxygen atoms in total. The second-order valence-corrected chi connectivity index (χ2v) is 2.02. The molecule has 0 spiro atoms. The van der Waals surface area contributed by atoms with Crippen molar-refractivity contribution in [2.75, 3.05) is 5.48 Å². The van der Waals surface area contributed by atoms with Gasteiger partial charge in [-0.05, 0) is 19.1 Å². The molecule has 1 aromatic rings. The minimum Gasteiger partial charge on any atom is -0.291 e. The fourth-order valence-corrected chi connectivity index (χ4v) is 0.729. The van der Waals surface area contributed by atoms with Crippen LogP contribution >= 0.6 is 0 Å². The van der Waals surface area contributed by atoms with E-state index in [0.717, 1.165) is 0 Å². The lowest BCUT2D eigenvalue weighted by atomic mass is 10.2. The normalized spacial score (nSPS) is 9.50. The predicted octanol–water partition coefficient (Wildman–Crippen LogP) is 1.94. The molecule has 0 aliphatic carbocycles. The number of hydrogen-bond acceptors (Lipinski definition) is 2. The molecule has 0 fully saturated rings. The van der Waals surface area contributed by atoms with E-state index in [2.05, 4.69) is 0 Å². The largest absolute Gasteiger partial charge is 0.291 e. The molecule has 0 saturated carbocycles. The first-order valence-electron chi connectivity index (χ1n) is 2.91. The van der Waals surface area contributed by atoms with Gasteiger partial charge >= 0.3 is 0 Å². The molecule has 0 heterocycles. The fraction of sp³-hybridized carbons (Fsp3) is 0.143. The zero-order valence-electron chi connectivity index (χ0n) is 5.56. The van der Waals surface area contributed by atoms with Crippen LogP contribution in [0.4, 0.5) is 10.1 Å². The number of nitrogens with one attached hydrogen (secondary N) is 1. The maximum Gasteiger partial charge on any atom is 0.128 e. The lowest BCUT2D eigenvalue weighted by molar-refractivity contribution is 0.387. The Morgan fingerprint density at radius 2 is 2.20 bits per heavy atom. The average Bonchev–Trinajstić information content (AvgIpc) is 1.95. The highest BCUT2D eigenvalue weighted by atomic mass is 19.1. The third kappa shape index (κ3) is 1.09. The Balaban J connectivity index is 3.14. The van der Waals surface area contributed by atoms with Gasteiger partial charge in [0, 0.05) is 5.56 Å². The number of hydrogen-bond donors (Lipinski definition) is 2. The van der Waals surface area contributed by atoms with E-state index in [1.807, 2.05) is 5.48 Å². The lowest BCUT2D eigenvalue weighted by Gasteiger charge is -2.02. The summed E-state index contributed by atoms with van der Waals surface area (Å²) in [6.07, 6.45) is 0. The van der Waals surface area contributed by atoms with Gasteiger partial charge in [0.05, 0.1) is 5.69 Å². The molecule has 0 aromatic heterocycles. The van der Waals surface area contributed by atoms with Crippen molar-refractivity contribution >= 4 is 5.69 Å². The summed E-state index contributed by atoms with van der Waals surface area (Å²) in [7, 11) is 0. The molecule has 2 N–H and O–H groups in total. The minimum atomic E-state index is -0.320. The Bertz CT molecular complexity index is 237. The number of rotatable bonds is 1. The highest BCUT2D eigenvalue weighted by molar-refractivity contribution is 5.48. The SMILES string of the molecule is Cc1c(F)cccc1NO. The first kappa shape index (κ1) is 7.02. The molecule has 0 radical (unpaired) electrons. The number of halogens is 1. The van der Waals surface area contributed by atoms with Gasteiger partial charge < -0.3 is 0 Å². The van der Waals surface area contributed by atoms with Gasteiger partial charge in [-0.1, -0.05) is 6.07 Å². The number of benzene rings is 1. The summed E-state index contributed by atoms with van der Waals surface area (Å²) in [6.45, 7) is 1.59. The van der Waals surface area contributed by atoms with E-state index in [1.165, 1.54) is 12.1 Å². The van der Waals surface area contributed by atoms with Gasteiger partial charge in [-0.2, -0.15) is 0 Å². The Morgan fingerprint density at radius 1 is 1.50 bits per heavy atom. The number of anilines is 1. The van der Waals surface area contributed by atoms with Crippen LogP contribution in [-0.4, -0.2) is 5.21 Å². The second kappa shape index (κ2) is 2.66. The smallest absolute Gasteiger partial charge is 0.128 e. The monoisotopic (exact) mass is 141 g/mol. The van der Waals surface area contributed by atoms with Gasteiger partial charge in [0.2, 0.25) is 0 Å². The van der Waals surface area contributed by atoms with Crippen LogP contribution in [0.2, 0.25) is 0 Å². The van der Waals surface area contributed by atoms with Crippen molar-refractivity contribution in [1.82, 2.24) is 0 Å². The highest BCUT2D eigenvalue weighted by Crippen LogP contribution is 2.15. The first-order chi connectivity index (χ1) is 4.75. The van der Waals surface area contributed by atoms with E-state index in [-0.39, 0.29) is 5.82 Å². The lowest BCUT2D eigenvalue weighted by Crippen LogP contribution is -1.93. The fourth-order valence-electron chi connectivity index (χ4n) is 0.729. The quantitative estimate of drug-likeness (QED) is 0.586. The molecular weight excluding hydrogens is 133 g/mol. The van der Waals surface area contributed by atoms with Crippen LogP contribution in [0.25, 0.3) is 0 Å². The summed E-state index contributed by atoms with van der Waals surface area (Å²) in [5.41, 5.74) is 2.72. The molecule has 0 bridgehead atoms. The Morgan fingerprint density at radius 3 is 2.70 bits per heavy atom. The van der Waals surface area contributed by atoms with Crippen LogP contribution in [0.1, 0.15) is 5.56 Å². The molecule has 0 unspecified atom stereocenters. The van der Waals surface area contributed by atoms with Crippen molar-refractivity contribution < 1.29 is 9.60 Å². The summed E-state index contributed by atoms with van der Waals surface area (Å²) in [4.78, 5) is 0. The standard InChI is InChI=1S/C7H8FNO/c1-5-6(8)3-2-4-7(5)9-10/h2-4,9-10H,1H3. The van der Waals surface area contributed by atoms with Crippen molar-refractivity contribution in [1.29, 1.82) is 0 Å².